The van der Waals surface area contributed by atoms with Gasteiger partial charge in [0.15, 0.2) is 9.84 Å². The molecule has 0 bridgehead atoms. The van der Waals surface area contributed by atoms with Crippen LogP contribution in [0.15, 0.2) is 0 Å². The summed E-state index contributed by atoms with van der Waals surface area (Å²) in [5.74, 6) is -1.15. The summed E-state index contributed by atoms with van der Waals surface area (Å²) in [5, 5.41) is -0.616. The van der Waals surface area contributed by atoms with Gasteiger partial charge in [-0.1, -0.05) is 13.8 Å². The SMILES string of the molecule is CCN1CCN(CC)CCN(C(=O)C(=O)N2CCS(=O)(=O)[C@@H](C)C2)CC1. The molecule has 150 valence electrons. The van der Waals surface area contributed by atoms with Crippen LogP contribution in [0, 0.1) is 0 Å². The van der Waals surface area contributed by atoms with Crippen molar-refractivity contribution in [3.63, 3.8) is 0 Å². The van der Waals surface area contributed by atoms with E-state index in [0.717, 1.165) is 39.3 Å². The number of carbonyl (C=O) groups is 2. The van der Waals surface area contributed by atoms with Gasteiger partial charge in [0.25, 0.3) is 0 Å². The average molecular weight is 389 g/mol. The number of carbonyl (C=O) groups excluding carboxylic acids is 2. The maximum atomic E-state index is 12.8. The molecule has 0 unspecified atom stereocenters. The molecule has 2 aliphatic rings. The smallest absolute Gasteiger partial charge is 0.312 e. The van der Waals surface area contributed by atoms with Crippen molar-refractivity contribution in [1.82, 2.24) is 19.6 Å². The van der Waals surface area contributed by atoms with Crippen molar-refractivity contribution >= 4 is 21.7 Å². The predicted octanol–water partition coefficient (Wildman–Crippen LogP) is -0.882. The van der Waals surface area contributed by atoms with Crippen LogP contribution in [0.3, 0.4) is 0 Å². The third-order valence-corrected chi connectivity index (χ3v) is 7.62. The fourth-order valence-electron chi connectivity index (χ4n) is 3.39. The van der Waals surface area contributed by atoms with Gasteiger partial charge in [-0.05, 0) is 20.0 Å². The maximum Gasteiger partial charge on any atom is 0.312 e. The first kappa shape index (κ1) is 21.1. The first-order valence-corrected chi connectivity index (χ1v) is 11.2. The van der Waals surface area contributed by atoms with Crippen molar-refractivity contribution in [2.75, 3.05) is 71.2 Å². The van der Waals surface area contributed by atoms with Crippen molar-refractivity contribution in [2.24, 2.45) is 0 Å². The van der Waals surface area contributed by atoms with E-state index in [-0.39, 0.29) is 18.8 Å². The molecule has 0 spiro atoms. The van der Waals surface area contributed by atoms with Crippen LogP contribution in [0.5, 0.6) is 0 Å². The molecule has 8 nitrogen and oxygen atoms in total. The minimum absolute atomic E-state index is 0.0690. The van der Waals surface area contributed by atoms with Gasteiger partial charge < -0.3 is 19.6 Å². The van der Waals surface area contributed by atoms with Crippen molar-refractivity contribution in [1.29, 1.82) is 0 Å². The molecule has 0 aromatic heterocycles. The molecule has 2 amide bonds. The molecule has 0 saturated carbocycles. The van der Waals surface area contributed by atoms with Gasteiger partial charge in [-0.25, -0.2) is 8.42 Å². The minimum atomic E-state index is -3.15. The summed E-state index contributed by atoms with van der Waals surface area (Å²) < 4.78 is 23.7. The van der Waals surface area contributed by atoms with Gasteiger partial charge in [0.1, 0.15) is 0 Å². The summed E-state index contributed by atoms with van der Waals surface area (Å²) >= 11 is 0. The van der Waals surface area contributed by atoms with E-state index in [1.165, 1.54) is 4.90 Å². The van der Waals surface area contributed by atoms with Gasteiger partial charge >= 0.3 is 11.8 Å². The zero-order valence-corrected chi connectivity index (χ0v) is 17.0. The van der Waals surface area contributed by atoms with E-state index in [9.17, 15) is 18.0 Å². The molecule has 0 N–H and O–H groups in total. The predicted molar refractivity (Wildman–Crippen MR) is 101 cm³/mol. The Balaban J connectivity index is 2.04. The molecule has 1 atom stereocenters. The first-order chi connectivity index (χ1) is 12.3. The van der Waals surface area contributed by atoms with E-state index < -0.39 is 26.9 Å². The molecule has 2 fully saturated rings. The molecule has 0 aromatic rings. The van der Waals surface area contributed by atoms with Crippen molar-refractivity contribution < 1.29 is 18.0 Å². The van der Waals surface area contributed by atoms with Gasteiger partial charge in [-0.15, -0.1) is 0 Å². The highest BCUT2D eigenvalue weighted by atomic mass is 32.2. The highest BCUT2D eigenvalue weighted by Crippen LogP contribution is 2.13. The van der Waals surface area contributed by atoms with Gasteiger partial charge in [-0.3, -0.25) is 9.59 Å². The Morgan fingerprint density at radius 2 is 1.27 bits per heavy atom. The summed E-state index contributed by atoms with van der Waals surface area (Å²) in [6.07, 6.45) is 0. The average Bonchev–Trinajstić information content (AvgIpc) is 2.72. The minimum Gasteiger partial charge on any atom is -0.332 e. The quantitative estimate of drug-likeness (QED) is 0.572. The number of rotatable bonds is 2. The fraction of sp³-hybridized carbons (Fsp3) is 0.882. The van der Waals surface area contributed by atoms with E-state index in [0.29, 0.717) is 13.1 Å². The summed E-state index contributed by atoms with van der Waals surface area (Å²) in [5.41, 5.74) is 0. The lowest BCUT2D eigenvalue weighted by atomic mass is 10.3. The van der Waals surface area contributed by atoms with Gasteiger partial charge in [0.2, 0.25) is 0 Å². The standard InChI is InChI=1S/C17H32N4O4S/c1-4-18-6-7-19(5-2)9-11-20(10-8-18)16(22)17(23)21-12-13-26(24,25)15(3)14-21/h15H,4-14H2,1-3H3/t15-/m0/s1. The lowest BCUT2D eigenvalue weighted by Gasteiger charge is -2.32. The van der Waals surface area contributed by atoms with Crippen LogP contribution in [0.1, 0.15) is 20.8 Å². The monoisotopic (exact) mass is 388 g/mol. The Hall–Kier alpha value is -1.19. The Morgan fingerprint density at radius 1 is 0.808 bits per heavy atom. The Labute approximate surface area is 157 Å². The molecule has 2 rings (SSSR count). The number of nitrogens with zero attached hydrogens (tertiary/aromatic N) is 4. The van der Waals surface area contributed by atoms with Crippen LogP contribution in [-0.2, 0) is 19.4 Å². The number of sulfone groups is 1. The Kier molecular flexibility index (Phi) is 7.42. The summed E-state index contributed by atoms with van der Waals surface area (Å²) in [6, 6.07) is 0. The highest BCUT2D eigenvalue weighted by Gasteiger charge is 2.35. The largest absolute Gasteiger partial charge is 0.332 e. The highest BCUT2D eigenvalue weighted by molar-refractivity contribution is 7.92. The van der Waals surface area contributed by atoms with E-state index in [4.69, 9.17) is 0 Å². The van der Waals surface area contributed by atoms with E-state index in [1.807, 2.05) is 0 Å². The van der Waals surface area contributed by atoms with Gasteiger partial charge in [0, 0.05) is 52.4 Å². The third-order valence-electron chi connectivity index (χ3n) is 5.49. The molecule has 0 aromatic carbocycles. The number of amides is 2. The zero-order chi connectivity index (χ0) is 19.3. The zero-order valence-electron chi connectivity index (χ0n) is 16.2. The lowest BCUT2D eigenvalue weighted by molar-refractivity contribution is -0.152. The second-order valence-corrected chi connectivity index (χ2v) is 9.63. The summed E-state index contributed by atoms with van der Waals surface area (Å²) in [6.45, 7) is 12.3. The van der Waals surface area contributed by atoms with Gasteiger partial charge in [0.05, 0.1) is 11.0 Å². The van der Waals surface area contributed by atoms with Gasteiger partial charge in [-0.2, -0.15) is 0 Å². The summed E-state index contributed by atoms with van der Waals surface area (Å²) in [7, 11) is -3.15. The Bertz CT molecular complexity index is 594. The molecule has 2 saturated heterocycles. The van der Waals surface area contributed by atoms with Crippen LogP contribution < -0.4 is 0 Å². The van der Waals surface area contributed by atoms with E-state index in [2.05, 4.69) is 23.6 Å². The Morgan fingerprint density at radius 3 is 1.73 bits per heavy atom. The molecule has 2 aliphatic heterocycles. The van der Waals surface area contributed by atoms with Crippen LogP contribution in [-0.4, -0.2) is 116 Å². The van der Waals surface area contributed by atoms with Crippen molar-refractivity contribution in [3.05, 3.63) is 0 Å². The van der Waals surface area contributed by atoms with Crippen LogP contribution in [0.2, 0.25) is 0 Å². The molecule has 9 heteroatoms. The molecule has 0 aliphatic carbocycles. The van der Waals surface area contributed by atoms with E-state index in [1.54, 1.807) is 11.8 Å². The lowest BCUT2D eigenvalue weighted by Crippen LogP contribution is -2.54. The number of hydrogen-bond acceptors (Lipinski definition) is 6. The number of likely N-dealkylation sites (N-methyl/N-ethyl adjacent to an activating group) is 2. The number of hydrogen-bond donors (Lipinski definition) is 0. The third kappa shape index (κ3) is 5.17. The molecular weight excluding hydrogens is 356 g/mol. The maximum absolute atomic E-state index is 12.8. The second kappa shape index (κ2) is 9.14. The second-order valence-electron chi connectivity index (χ2n) is 7.09. The van der Waals surface area contributed by atoms with Crippen LogP contribution >= 0.6 is 0 Å². The molecule has 2 heterocycles. The van der Waals surface area contributed by atoms with Crippen molar-refractivity contribution in [3.8, 4) is 0 Å². The molecular formula is C17H32N4O4S. The summed E-state index contributed by atoms with van der Waals surface area (Å²) in [4.78, 5) is 33.0. The topological polar surface area (TPSA) is 81.2 Å². The van der Waals surface area contributed by atoms with Crippen molar-refractivity contribution in [2.45, 2.75) is 26.0 Å². The fourth-order valence-corrected chi connectivity index (χ4v) is 4.67. The first-order valence-electron chi connectivity index (χ1n) is 9.53. The molecule has 26 heavy (non-hydrogen) atoms. The normalized spacial score (nSPS) is 26.0. The van der Waals surface area contributed by atoms with Crippen LogP contribution in [0.25, 0.3) is 0 Å². The van der Waals surface area contributed by atoms with E-state index >= 15 is 0 Å². The molecule has 0 radical (unpaired) electrons. The van der Waals surface area contributed by atoms with Crippen LogP contribution in [0.4, 0.5) is 0 Å².